The fraction of sp³-hybridized carbons (Fsp3) is 0.263. The summed E-state index contributed by atoms with van der Waals surface area (Å²) in [4.78, 5) is 24.3. The number of hydrogen-bond donors (Lipinski definition) is 0. The topological polar surface area (TPSA) is 34.1 Å². The summed E-state index contributed by atoms with van der Waals surface area (Å²) in [6.45, 7) is 2.03. The molecule has 0 saturated heterocycles. The van der Waals surface area contributed by atoms with E-state index in [1.807, 2.05) is 31.2 Å². The minimum absolute atomic E-state index is 0.0176. The molecule has 2 aromatic carbocycles. The zero-order chi connectivity index (χ0) is 16.6. The molecule has 0 atom stereocenters. The van der Waals surface area contributed by atoms with Gasteiger partial charge in [0.05, 0.1) is 0 Å². The number of rotatable bonds is 3. The number of hydrogen-bond acceptors (Lipinski definition) is 2. The van der Waals surface area contributed by atoms with Crippen LogP contribution in [0.15, 0.2) is 36.4 Å². The van der Waals surface area contributed by atoms with Crippen LogP contribution < -0.4 is 0 Å². The second-order valence-electron chi connectivity index (χ2n) is 5.76. The zero-order valence-corrected chi connectivity index (χ0v) is 14.2. The maximum atomic E-state index is 12.1. The van der Waals surface area contributed by atoms with Gasteiger partial charge in [0.1, 0.15) is 17.5 Å². The Morgan fingerprint density at radius 3 is 2.30 bits per heavy atom. The van der Waals surface area contributed by atoms with E-state index >= 15 is 0 Å². The third-order valence-electron chi connectivity index (χ3n) is 4.34. The highest BCUT2D eigenvalue weighted by Crippen LogP contribution is 2.36. The van der Waals surface area contributed by atoms with Gasteiger partial charge in [-0.25, -0.2) is 0 Å². The van der Waals surface area contributed by atoms with Crippen molar-refractivity contribution in [2.45, 2.75) is 32.1 Å². The minimum atomic E-state index is -0.615. The normalized spacial score (nSPS) is 15.4. The molecule has 0 N–H and O–H groups in total. The summed E-state index contributed by atoms with van der Waals surface area (Å²) in [6, 6.07) is 11.2. The van der Waals surface area contributed by atoms with E-state index in [0.717, 1.165) is 28.7 Å². The lowest BCUT2D eigenvalue weighted by atomic mass is 9.88. The lowest BCUT2D eigenvalue weighted by Gasteiger charge is -2.15. The lowest BCUT2D eigenvalue weighted by molar-refractivity contribution is -0.123. The Bertz CT molecular complexity index is 780. The van der Waals surface area contributed by atoms with Crippen molar-refractivity contribution in [3.63, 3.8) is 0 Å². The van der Waals surface area contributed by atoms with E-state index in [2.05, 4.69) is 0 Å². The molecule has 23 heavy (non-hydrogen) atoms. The van der Waals surface area contributed by atoms with Gasteiger partial charge in [0, 0.05) is 28.5 Å². The second-order valence-corrected chi connectivity index (χ2v) is 6.60. The average molecular weight is 347 g/mol. The first kappa shape index (κ1) is 16.2. The Balaban J connectivity index is 2.13. The highest BCUT2D eigenvalue weighted by atomic mass is 35.5. The predicted molar refractivity (Wildman–Crippen MR) is 93.3 cm³/mol. The molecule has 1 aliphatic rings. The summed E-state index contributed by atoms with van der Waals surface area (Å²) in [5.41, 5.74) is 3.60. The second kappa shape index (κ2) is 6.46. The number of carbonyl (C=O) groups is 2. The molecule has 3 rings (SSSR count). The Labute approximate surface area is 145 Å². The van der Waals surface area contributed by atoms with Gasteiger partial charge in [-0.15, -0.1) is 0 Å². The van der Waals surface area contributed by atoms with E-state index in [-0.39, 0.29) is 11.6 Å². The summed E-state index contributed by atoms with van der Waals surface area (Å²) in [7, 11) is 0. The average Bonchev–Trinajstić information content (AvgIpc) is 2.85. The lowest BCUT2D eigenvalue weighted by Crippen LogP contribution is -2.14. The first-order chi connectivity index (χ1) is 11.0. The molecule has 1 aliphatic carbocycles. The molecule has 118 valence electrons. The standard InChI is InChI=1S/C19H16Cl2O2/c1-2-11-3-4-12(14-6-5-13(20)10-16(14)21)9-15(11)19-17(22)7-8-18(19)23/h3-6,9-10,19H,2,7-8H2,1H3. The van der Waals surface area contributed by atoms with Crippen LogP contribution in [-0.2, 0) is 16.0 Å². The van der Waals surface area contributed by atoms with Gasteiger partial charge >= 0.3 is 0 Å². The summed E-state index contributed by atoms with van der Waals surface area (Å²) < 4.78 is 0. The molecule has 1 saturated carbocycles. The van der Waals surface area contributed by atoms with Crippen LogP contribution in [0, 0.1) is 0 Å². The number of Topliss-reactive ketones (excluding diaryl/α,β-unsaturated/α-hetero) is 2. The Kier molecular flexibility index (Phi) is 4.56. The molecule has 0 bridgehead atoms. The molecule has 2 aromatic rings. The van der Waals surface area contributed by atoms with Crippen LogP contribution in [0.25, 0.3) is 11.1 Å². The van der Waals surface area contributed by atoms with Crippen molar-refractivity contribution < 1.29 is 9.59 Å². The van der Waals surface area contributed by atoms with Crippen molar-refractivity contribution in [3.05, 3.63) is 57.6 Å². The fourth-order valence-electron chi connectivity index (χ4n) is 3.14. The highest BCUT2D eigenvalue weighted by Gasteiger charge is 2.35. The molecule has 0 radical (unpaired) electrons. The number of ketones is 2. The molecule has 1 fully saturated rings. The Morgan fingerprint density at radius 1 is 1.00 bits per heavy atom. The first-order valence-electron chi connectivity index (χ1n) is 7.65. The van der Waals surface area contributed by atoms with Crippen LogP contribution in [0.4, 0.5) is 0 Å². The zero-order valence-electron chi connectivity index (χ0n) is 12.7. The van der Waals surface area contributed by atoms with Crippen molar-refractivity contribution in [2.24, 2.45) is 0 Å². The van der Waals surface area contributed by atoms with Crippen molar-refractivity contribution in [1.29, 1.82) is 0 Å². The molecule has 0 heterocycles. The van der Waals surface area contributed by atoms with Crippen LogP contribution in [0.2, 0.25) is 10.0 Å². The first-order valence-corrected chi connectivity index (χ1v) is 8.40. The smallest absolute Gasteiger partial charge is 0.148 e. The summed E-state index contributed by atoms with van der Waals surface area (Å²) >= 11 is 12.2. The largest absolute Gasteiger partial charge is 0.299 e. The summed E-state index contributed by atoms with van der Waals surface area (Å²) in [5.74, 6) is -0.580. The van der Waals surface area contributed by atoms with Gasteiger partial charge in [-0.1, -0.05) is 48.3 Å². The van der Waals surface area contributed by atoms with Gasteiger partial charge in [0.15, 0.2) is 0 Å². The maximum Gasteiger partial charge on any atom is 0.148 e. The van der Waals surface area contributed by atoms with Gasteiger partial charge < -0.3 is 0 Å². The summed E-state index contributed by atoms with van der Waals surface area (Å²) in [5, 5.41) is 1.13. The van der Waals surface area contributed by atoms with Crippen molar-refractivity contribution >= 4 is 34.8 Å². The van der Waals surface area contributed by atoms with E-state index < -0.39 is 5.92 Å². The number of carbonyl (C=O) groups excluding carboxylic acids is 2. The highest BCUT2D eigenvalue weighted by molar-refractivity contribution is 6.36. The molecule has 0 aliphatic heterocycles. The molecule has 0 aromatic heterocycles. The molecule has 0 unspecified atom stereocenters. The third kappa shape index (κ3) is 3.06. The van der Waals surface area contributed by atoms with Gasteiger partial charge in [0.2, 0.25) is 0 Å². The molecule has 0 amide bonds. The van der Waals surface area contributed by atoms with Crippen LogP contribution in [0.1, 0.15) is 36.8 Å². The minimum Gasteiger partial charge on any atom is -0.299 e. The van der Waals surface area contributed by atoms with E-state index in [1.165, 1.54) is 0 Å². The number of aryl methyl sites for hydroxylation is 1. The van der Waals surface area contributed by atoms with E-state index in [0.29, 0.717) is 22.9 Å². The van der Waals surface area contributed by atoms with Crippen LogP contribution in [-0.4, -0.2) is 11.6 Å². The van der Waals surface area contributed by atoms with E-state index in [1.54, 1.807) is 12.1 Å². The fourth-order valence-corrected chi connectivity index (χ4v) is 3.66. The maximum absolute atomic E-state index is 12.1. The summed E-state index contributed by atoms with van der Waals surface area (Å²) in [6.07, 6.45) is 1.47. The number of halogens is 2. The quantitative estimate of drug-likeness (QED) is 0.712. The van der Waals surface area contributed by atoms with Crippen molar-refractivity contribution in [1.82, 2.24) is 0 Å². The Hall–Kier alpha value is -1.64. The van der Waals surface area contributed by atoms with E-state index in [4.69, 9.17) is 23.2 Å². The molecule has 0 spiro atoms. The predicted octanol–water partition coefficient (Wildman–Crippen LogP) is 5.24. The molecule has 2 nitrogen and oxygen atoms in total. The number of benzene rings is 2. The van der Waals surface area contributed by atoms with Crippen LogP contribution >= 0.6 is 23.2 Å². The SMILES string of the molecule is CCc1ccc(-c2ccc(Cl)cc2Cl)cc1C1C(=O)CCC1=O. The van der Waals surface area contributed by atoms with Crippen molar-refractivity contribution in [3.8, 4) is 11.1 Å². The molecular weight excluding hydrogens is 331 g/mol. The van der Waals surface area contributed by atoms with Gasteiger partial charge in [-0.3, -0.25) is 9.59 Å². The third-order valence-corrected chi connectivity index (χ3v) is 4.89. The monoisotopic (exact) mass is 346 g/mol. The Morgan fingerprint density at radius 2 is 1.70 bits per heavy atom. The van der Waals surface area contributed by atoms with Gasteiger partial charge in [-0.2, -0.15) is 0 Å². The van der Waals surface area contributed by atoms with Gasteiger partial charge in [0.25, 0.3) is 0 Å². The van der Waals surface area contributed by atoms with Crippen LogP contribution in [0.3, 0.4) is 0 Å². The molecular formula is C19H16Cl2O2. The van der Waals surface area contributed by atoms with Gasteiger partial charge in [-0.05, 0) is 41.3 Å². The van der Waals surface area contributed by atoms with E-state index in [9.17, 15) is 9.59 Å². The van der Waals surface area contributed by atoms with Crippen molar-refractivity contribution in [2.75, 3.05) is 0 Å². The van der Waals surface area contributed by atoms with Crippen LogP contribution in [0.5, 0.6) is 0 Å². The molecule has 4 heteroatoms.